The smallest absolute Gasteiger partial charge is 0.336 e. The second-order valence-corrected chi connectivity index (χ2v) is 6.11. The van der Waals surface area contributed by atoms with E-state index in [-0.39, 0.29) is 0 Å². The number of likely N-dealkylation sites (tertiary alicyclic amines) is 1. The van der Waals surface area contributed by atoms with E-state index in [0.717, 1.165) is 28.4 Å². The molecule has 1 atom stereocenters. The first-order valence-corrected chi connectivity index (χ1v) is 7.53. The molecule has 1 N–H and O–H groups in total. The first-order chi connectivity index (χ1) is 10.0. The largest absolute Gasteiger partial charge is 0.480 e. The Morgan fingerprint density at radius 1 is 1.43 bits per heavy atom. The molecular formula is C15H14BrNO4. The maximum atomic E-state index is 11.7. The maximum absolute atomic E-state index is 11.7. The lowest BCUT2D eigenvalue weighted by atomic mass is 10.1. The number of hydrogen-bond donors (Lipinski definition) is 1. The van der Waals surface area contributed by atoms with Crippen LogP contribution in [0.4, 0.5) is 0 Å². The molecule has 0 radical (unpaired) electrons. The predicted molar refractivity (Wildman–Crippen MR) is 81.3 cm³/mol. The summed E-state index contributed by atoms with van der Waals surface area (Å²) in [6.07, 6.45) is 1.52. The van der Waals surface area contributed by atoms with Crippen LogP contribution in [0.15, 0.2) is 37.9 Å². The molecule has 0 amide bonds. The lowest BCUT2D eigenvalue weighted by molar-refractivity contribution is -0.142. The van der Waals surface area contributed by atoms with Gasteiger partial charge in [-0.1, -0.05) is 15.9 Å². The summed E-state index contributed by atoms with van der Waals surface area (Å²) in [4.78, 5) is 24.8. The third-order valence-electron chi connectivity index (χ3n) is 3.81. The minimum atomic E-state index is -0.803. The summed E-state index contributed by atoms with van der Waals surface area (Å²) in [5.74, 6) is -0.803. The van der Waals surface area contributed by atoms with Crippen LogP contribution < -0.4 is 5.63 Å². The van der Waals surface area contributed by atoms with Gasteiger partial charge < -0.3 is 9.52 Å². The highest BCUT2D eigenvalue weighted by molar-refractivity contribution is 9.10. The van der Waals surface area contributed by atoms with Crippen LogP contribution in [0.25, 0.3) is 11.0 Å². The second-order valence-electron chi connectivity index (χ2n) is 5.20. The quantitative estimate of drug-likeness (QED) is 0.860. The molecule has 1 aliphatic rings. The van der Waals surface area contributed by atoms with E-state index in [1.54, 1.807) is 6.07 Å². The lowest BCUT2D eigenvalue weighted by Gasteiger charge is -2.21. The van der Waals surface area contributed by atoms with E-state index in [4.69, 9.17) is 4.42 Å². The maximum Gasteiger partial charge on any atom is 0.336 e. The Hall–Kier alpha value is -1.66. The summed E-state index contributed by atoms with van der Waals surface area (Å²) in [6, 6.07) is 6.49. The van der Waals surface area contributed by atoms with E-state index in [9.17, 15) is 14.7 Å². The Morgan fingerprint density at radius 2 is 2.24 bits per heavy atom. The van der Waals surface area contributed by atoms with Gasteiger partial charge in [-0.2, -0.15) is 0 Å². The standard InChI is InChI=1S/C15H14BrNO4/c16-10-3-4-11-9(6-14(18)21-13(11)7-10)8-17-5-1-2-12(17)15(19)20/h3-4,6-7,12H,1-2,5,8H2,(H,19,20). The average Bonchev–Trinajstić information content (AvgIpc) is 2.86. The molecule has 0 bridgehead atoms. The van der Waals surface area contributed by atoms with E-state index in [1.165, 1.54) is 6.07 Å². The molecule has 1 aromatic heterocycles. The van der Waals surface area contributed by atoms with Crippen LogP contribution >= 0.6 is 15.9 Å². The number of rotatable bonds is 3. The molecule has 1 fully saturated rings. The predicted octanol–water partition coefficient (Wildman–Crippen LogP) is 2.60. The van der Waals surface area contributed by atoms with Crippen molar-refractivity contribution in [1.82, 2.24) is 4.90 Å². The highest BCUT2D eigenvalue weighted by Gasteiger charge is 2.30. The number of hydrogen-bond acceptors (Lipinski definition) is 4. The Morgan fingerprint density at radius 3 is 3.00 bits per heavy atom. The molecule has 0 aliphatic carbocycles. The first-order valence-electron chi connectivity index (χ1n) is 6.74. The van der Waals surface area contributed by atoms with Gasteiger partial charge in [0, 0.05) is 22.5 Å². The number of aliphatic carboxylic acids is 1. The third-order valence-corrected chi connectivity index (χ3v) is 4.31. The molecule has 2 heterocycles. The molecule has 6 heteroatoms. The number of carboxylic acids is 1. The number of fused-ring (bicyclic) bond motifs is 1. The molecule has 21 heavy (non-hydrogen) atoms. The molecule has 2 aromatic rings. The van der Waals surface area contributed by atoms with Crippen molar-refractivity contribution in [2.24, 2.45) is 0 Å². The van der Waals surface area contributed by atoms with Crippen molar-refractivity contribution in [3.8, 4) is 0 Å². The highest BCUT2D eigenvalue weighted by atomic mass is 79.9. The Balaban J connectivity index is 2.00. The number of halogens is 1. The minimum Gasteiger partial charge on any atom is -0.480 e. The van der Waals surface area contributed by atoms with Gasteiger partial charge in [0.05, 0.1) is 0 Å². The van der Waals surface area contributed by atoms with Gasteiger partial charge in [-0.3, -0.25) is 9.69 Å². The molecule has 1 aromatic carbocycles. The number of nitrogens with zero attached hydrogens (tertiary/aromatic N) is 1. The Kier molecular flexibility index (Phi) is 3.82. The third kappa shape index (κ3) is 2.87. The minimum absolute atomic E-state index is 0.415. The van der Waals surface area contributed by atoms with Crippen molar-refractivity contribution in [1.29, 1.82) is 0 Å². The zero-order valence-electron chi connectivity index (χ0n) is 11.2. The molecule has 0 saturated carbocycles. The summed E-state index contributed by atoms with van der Waals surface area (Å²) in [5.41, 5.74) is 0.904. The number of benzene rings is 1. The summed E-state index contributed by atoms with van der Waals surface area (Å²) >= 11 is 3.35. The van der Waals surface area contributed by atoms with E-state index in [1.807, 2.05) is 17.0 Å². The van der Waals surface area contributed by atoms with Gasteiger partial charge >= 0.3 is 11.6 Å². The number of carbonyl (C=O) groups is 1. The fourth-order valence-electron chi connectivity index (χ4n) is 2.85. The molecule has 110 valence electrons. The number of carboxylic acid groups (broad SMARTS) is 1. The van der Waals surface area contributed by atoms with Crippen LogP contribution in [0, 0.1) is 0 Å². The van der Waals surface area contributed by atoms with E-state index >= 15 is 0 Å². The lowest BCUT2D eigenvalue weighted by Crippen LogP contribution is -2.35. The van der Waals surface area contributed by atoms with Crippen molar-refractivity contribution in [2.45, 2.75) is 25.4 Å². The van der Waals surface area contributed by atoms with Crippen LogP contribution in [0.5, 0.6) is 0 Å². The van der Waals surface area contributed by atoms with Gasteiger partial charge in [-0.25, -0.2) is 4.79 Å². The molecule has 5 nitrogen and oxygen atoms in total. The van der Waals surface area contributed by atoms with Crippen LogP contribution in [0.2, 0.25) is 0 Å². The van der Waals surface area contributed by atoms with Gasteiger partial charge in [0.25, 0.3) is 0 Å². The summed E-state index contributed by atoms with van der Waals surface area (Å²) in [5, 5.41) is 10.1. The van der Waals surface area contributed by atoms with Crippen molar-refractivity contribution in [3.05, 3.63) is 44.7 Å². The Bertz CT molecular complexity index is 755. The van der Waals surface area contributed by atoms with Crippen molar-refractivity contribution < 1.29 is 14.3 Å². The fourth-order valence-corrected chi connectivity index (χ4v) is 3.19. The topological polar surface area (TPSA) is 70.8 Å². The molecule has 1 unspecified atom stereocenters. The van der Waals surface area contributed by atoms with Gasteiger partial charge in [-0.15, -0.1) is 0 Å². The monoisotopic (exact) mass is 351 g/mol. The molecular weight excluding hydrogens is 338 g/mol. The van der Waals surface area contributed by atoms with Crippen molar-refractivity contribution >= 4 is 32.9 Å². The molecule has 1 aliphatic heterocycles. The van der Waals surface area contributed by atoms with E-state index < -0.39 is 17.6 Å². The van der Waals surface area contributed by atoms with E-state index in [2.05, 4.69) is 15.9 Å². The second kappa shape index (κ2) is 5.61. The van der Waals surface area contributed by atoms with E-state index in [0.29, 0.717) is 18.5 Å². The first kappa shape index (κ1) is 14.3. The zero-order valence-corrected chi connectivity index (χ0v) is 12.8. The molecule has 0 spiro atoms. The van der Waals surface area contributed by atoms with Gasteiger partial charge in [-0.05, 0) is 43.1 Å². The Labute approximate surface area is 129 Å². The van der Waals surface area contributed by atoms with Crippen molar-refractivity contribution in [3.63, 3.8) is 0 Å². The highest BCUT2D eigenvalue weighted by Crippen LogP contribution is 2.25. The van der Waals surface area contributed by atoms with Crippen molar-refractivity contribution in [2.75, 3.05) is 6.54 Å². The van der Waals surface area contributed by atoms with Crippen LogP contribution in [0.3, 0.4) is 0 Å². The summed E-state index contributed by atoms with van der Waals surface area (Å²) in [7, 11) is 0. The normalized spacial score (nSPS) is 19.2. The van der Waals surface area contributed by atoms with Gasteiger partial charge in [0.15, 0.2) is 0 Å². The molecule has 3 rings (SSSR count). The molecule has 1 saturated heterocycles. The zero-order chi connectivity index (χ0) is 15.0. The van der Waals surface area contributed by atoms with Crippen LogP contribution in [0.1, 0.15) is 18.4 Å². The van der Waals surface area contributed by atoms with Gasteiger partial charge in [0.2, 0.25) is 0 Å². The van der Waals surface area contributed by atoms with Gasteiger partial charge in [0.1, 0.15) is 11.6 Å². The van der Waals surface area contributed by atoms with Crippen LogP contribution in [-0.4, -0.2) is 28.6 Å². The summed E-state index contributed by atoms with van der Waals surface area (Å²) in [6.45, 7) is 1.18. The van der Waals surface area contributed by atoms with Crippen LogP contribution in [-0.2, 0) is 11.3 Å². The summed E-state index contributed by atoms with van der Waals surface area (Å²) < 4.78 is 6.03. The SMILES string of the molecule is O=C(O)C1CCCN1Cc1cc(=O)oc2cc(Br)ccc12. The fraction of sp³-hybridized carbons (Fsp3) is 0.333. The average molecular weight is 352 g/mol.